The first-order valence-corrected chi connectivity index (χ1v) is 12.7. The molecule has 2 aromatic carbocycles. The monoisotopic (exact) mass is 510 g/mol. The molecule has 36 heavy (non-hydrogen) atoms. The molecule has 3 heterocycles. The van der Waals surface area contributed by atoms with Gasteiger partial charge in [-0.15, -0.1) is 0 Å². The quantitative estimate of drug-likeness (QED) is 0.497. The van der Waals surface area contributed by atoms with Gasteiger partial charge in [-0.2, -0.15) is 4.98 Å². The van der Waals surface area contributed by atoms with Crippen LogP contribution in [0.4, 0.5) is 0 Å². The van der Waals surface area contributed by atoms with Gasteiger partial charge in [0.2, 0.25) is 17.6 Å². The molecule has 8 nitrogen and oxygen atoms in total. The van der Waals surface area contributed by atoms with Gasteiger partial charge in [0.25, 0.3) is 0 Å². The SMILES string of the molecule is COc1ccc2c(c1)C(NC(=O)C1CCCN(Cc3nc(-c4cccc(Cl)c4)no3)C1)CC(C)(C)O2. The van der Waals surface area contributed by atoms with E-state index >= 15 is 0 Å². The first-order chi connectivity index (χ1) is 17.3. The first kappa shape index (κ1) is 24.6. The van der Waals surface area contributed by atoms with E-state index in [9.17, 15) is 4.79 Å². The van der Waals surface area contributed by atoms with Crippen molar-refractivity contribution in [2.75, 3.05) is 20.2 Å². The van der Waals surface area contributed by atoms with Crippen LogP contribution in [0.1, 0.15) is 50.6 Å². The Balaban J connectivity index is 1.24. The smallest absolute Gasteiger partial charge is 0.241 e. The van der Waals surface area contributed by atoms with E-state index in [0.29, 0.717) is 36.2 Å². The standard InChI is InChI=1S/C27H31ClN4O4/c1-27(2)14-22(21-13-20(34-3)9-10-23(21)35-27)29-26(33)18-7-5-11-32(15-18)16-24-30-25(31-36-24)17-6-4-8-19(28)12-17/h4,6,8-10,12-13,18,22H,5,7,11,14-16H2,1-3H3,(H,29,33). The molecule has 5 rings (SSSR count). The summed E-state index contributed by atoms with van der Waals surface area (Å²) in [5.41, 5.74) is 1.38. The summed E-state index contributed by atoms with van der Waals surface area (Å²) in [6.45, 7) is 6.11. The third-order valence-corrected chi connectivity index (χ3v) is 7.01. The maximum atomic E-state index is 13.4. The number of amides is 1. The third-order valence-electron chi connectivity index (χ3n) is 6.78. The number of likely N-dealkylation sites (tertiary alicyclic amines) is 1. The number of rotatable bonds is 6. The lowest BCUT2D eigenvalue weighted by Crippen LogP contribution is -2.46. The molecule has 2 aliphatic rings. The second kappa shape index (κ2) is 10.1. The number of carbonyl (C=O) groups is 1. The van der Waals surface area contributed by atoms with Crippen molar-refractivity contribution in [1.82, 2.24) is 20.4 Å². The highest BCUT2D eigenvalue weighted by Gasteiger charge is 2.36. The van der Waals surface area contributed by atoms with Gasteiger partial charge in [-0.1, -0.05) is 28.9 Å². The minimum absolute atomic E-state index is 0.0568. The van der Waals surface area contributed by atoms with E-state index in [-0.39, 0.29) is 23.5 Å². The molecule has 1 saturated heterocycles. The molecule has 0 aliphatic carbocycles. The summed E-state index contributed by atoms with van der Waals surface area (Å²) in [6.07, 6.45) is 2.46. The largest absolute Gasteiger partial charge is 0.497 e. The molecule has 1 amide bonds. The van der Waals surface area contributed by atoms with Gasteiger partial charge in [0.15, 0.2) is 0 Å². The predicted molar refractivity (Wildman–Crippen MR) is 136 cm³/mol. The predicted octanol–water partition coefficient (Wildman–Crippen LogP) is 5.03. The van der Waals surface area contributed by atoms with Crippen LogP contribution in [0.3, 0.4) is 0 Å². The van der Waals surface area contributed by atoms with Crippen molar-refractivity contribution < 1.29 is 18.8 Å². The molecule has 190 valence electrons. The Morgan fingerprint density at radius 3 is 2.94 bits per heavy atom. The highest BCUT2D eigenvalue weighted by Crippen LogP contribution is 2.41. The van der Waals surface area contributed by atoms with Gasteiger partial charge in [-0.25, -0.2) is 0 Å². The molecule has 9 heteroatoms. The van der Waals surface area contributed by atoms with E-state index in [1.54, 1.807) is 13.2 Å². The number of methoxy groups -OCH3 is 1. The third kappa shape index (κ3) is 5.50. The fourth-order valence-corrected chi connectivity index (χ4v) is 5.24. The average molecular weight is 511 g/mol. The second-order valence-corrected chi connectivity index (χ2v) is 10.6. The number of hydrogen-bond acceptors (Lipinski definition) is 7. The Bertz CT molecular complexity index is 1240. The van der Waals surface area contributed by atoms with Crippen LogP contribution >= 0.6 is 11.6 Å². The van der Waals surface area contributed by atoms with E-state index in [2.05, 4.69) is 20.4 Å². The zero-order valence-electron chi connectivity index (χ0n) is 20.8. The number of nitrogens with one attached hydrogen (secondary N) is 1. The van der Waals surface area contributed by atoms with E-state index in [4.69, 9.17) is 25.6 Å². The van der Waals surface area contributed by atoms with E-state index < -0.39 is 0 Å². The summed E-state index contributed by atoms with van der Waals surface area (Å²) in [5.74, 6) is 2.51. The van der Waals surface area contributed by atoms with Crippen LogP contribution in [-0.4, -0.2) is 46.7 Å². The van der Waals surface area contributed by atoms with Crippen molar-refractivity contribution in [3.05, 3.63) is 58.9 Å². The van der Waals surface area contributed by atoms with Crippen molar-refractivity contribution in [1.29, 1.82) is 0 Å². The van der Waals surface area contributed by atoms with Gasteiger partial charge in [0, 0.05) is 29.1 Å². The zero-order valence-corrected chi connectivity index (χ0v) is 21.5. The number of piperidine rings is 1. The molecule has 1 aromatic heterocycles. The lowest BCUT2D eigenvalue weighted by molar-refractivity contribution is -0.128. The molecule has 2 aliphatic heterocycles. The number of ether oxygens (including phenoxy) is 2. The molecule has 2 atom stereocenters. The van der Waals surface area contributed by atoms with Crippen LogP contribution in [0.2, 0.25) is 5.02 Å². The van der Waals surface area contributed by atoms with Crippen LogP contribution in [-0.2, 0) is 11.3 Å². The molecule has 0 saturated carbocycles. The topological polar surface area (TPSA) is 89.7 Å². The molecule has 1 N–H and O–H groups in total. The lowest BCUT2D eigenvalue weighted by Gasteiger charge is -2.39. The minimum atomic E-state index is -0.378. The fourth-order valence-electron chi connectivity index (χ4n) is 5.05. The summed E-state index contributed by atoms with van der Waals surface area (Å²) in [5, 5.41) is 8.03. The van der Waals surface area contributed by atoms with E-state index in [1.165, 1.54) is 0 Å². The number of hydrogen-bond donors (Lipinski definition) is 1. The highest BCUT2D eigenvalue weighted by molar-refractivity contribution is 6.30. The maximum Gasteiger partial charge on any atom is 0.241 e. The number of fused-ring (bicyclic) bond motifs is 1. The van der Waals surface area contributed by atoms with Crippen LogP contribution in [0.5, 0.6) is 11.5 Å². The molecular weight excluding hydrogens is 480 g/mol. The minimum Gasteiger partial charge on any atom is -0.497 e. The van der Waals surface area contributed by atoms with Crippen molar-refractivity contribution >= 4 is 17.5 Å². The molecule has 3 aromatic rings. The van der Waals surface area contributed by atoms with Gasteiger partial charge >= 0.3 is 0 Å². The molecule has 0 radical (unpaired) electrons. The number of halogens is 1. The molecule has 0 spiro atoms. The van der Waals surface area contributed by atoms with Crippen molar-refractivity contribution in [3.63, 3.8) is 0 Å². The van der Waals surface area contributed by atoms with Gasteiger partial charge in [-0.3, -0.25) is 9.69 Å². The highest BCUT2D eigenvalue weighted by atomic mass is 35.5. The second-order valence-electron chi connectivity index (χ2n) is 10.1. The van der Waals surface area contributed by atoms with Crippen molar-refractivity contribution in [2.45, 2.75) is 51.3 Å². The summed E-state index contributed by atoms with van der Waals surface area (Å²) in [4.78, 5) is 20.1. The van der Waals surface area contributed by atoms with Crippen LogP contribution < -0.4 is 14.8 Å². The lowest BCUT2D eigenvalue weighted by atomic mass is 9.88. The Morgan fingerprint density at radius 2 is 2.14 bits per heavy atom. The van der Waals surface area contributed by atoms with Crippen molar-refractivity contribution in [2.24, 2.45) is 5.92 Å². The Morgan fingerprint density at radius 1 is 1.28 bits per heavy atom. The summed E-state index contributed by atoms with van der Waals surface area (Å²) in [7, 11) is 1.64. The Labute approximate surface area is 215 Å². The molecule has 1 fully saturated rings. The molecular formula is C27H31ClN4O4. The maximum absolute atomic E-state index is 13.4. The number of benzene rings is 2. The first-order valence-electron chi connectivity index (χ1n) is 12.3. The number of aromatic nitrogens is 2. The summed E-state index contributed by atoms with van der Waals surface area (Å²) < 4.78 is 17.1. The number of carbonyl (C=O) groups excluding carboxylic acids is 1. The zero-order chi connectivity index (χ0) is 25.3. The number of nitrogens with zero attached hydrogens (tertiary/aromatic N) is 3. The summed E-state index contributed by atoms with van der Waals surface area (Å²) in [6, 6.07) is 13.0. The van der Waals surface area contributed by atoms with E-state index in [0.717, 1.165) is 42.0 Å². The van der Waals surface area contributed by atoms with Gasteiger partial charge in [0.05, 0.1) is 25.6 Å². The van der Waals surface area contributed by atoms with Crippen LogP contribution in [0.15, 0.2) is 47.0 Å². The molecule has 2 unspecified atom stereocenters. The van der Waals surface area contributed by atoms with Gasteiger partial charge in [-0.05, 0) is 63.6 Å². The normalized spacial score (nSPS) is 21.3. The Kier molecular flexibility index (Phi) is 6.90. The molecule has 0 bridgehead atoms. The average Bonchev–Trinajstić information content (AvgIpc) is 3.32. The van der Waals surface area contributed by atoms with Crippen molar-refractivity contribution in [3.8, 4) is 22.9 Å². The Hall–Kier alpha value is -3.10. The van der Waals surface area contributed by atoms with E-state index in [1.807, 2.05) is 50.2 Å². The van der Waals surface area contributed by atoms with Gasteiger partial charge < -0.3 is 19.3 Å². The van der Waals surface area contributed by atoms with Crippen LogP contribution in [0.25, 0.3) is 11.4 Å². The fraction of sp³-hybridized carbons (Fsp3) is 0.444. The van der Waals surface area contributed by atoms with Crippen LogP contribution in [0, 0.1) is 5.92 Å². The van der Waals surface area contributed by atoms with Gasteiger partial charge in [0.1, 0.15) is 17.1 Å². The summed E-state index contributed by atoms with van der Waals surface area (Å²) >= 11 is 6.09.